The minimum atomic E-state index is -3.82. The molecule has 0 unspecified atom stereocenters. The van der Waals surface area contributed by atoms with Gasteiger partial charge in [0.15, 0.2) is 12.4 Å². The molecule has 0 saturated carbocycles. The predicted octanol–water partition coefficient (Wildman–Crippen LogP) is 3.67. The molecular formula is C23H22N2O6S. The topological polar surface area (TPSA) is 122 Å². The molecule has 0 saturated heterocycles. The number of Topliss-reactive ketones (excluding diaryl/α,β-unsaturated/α-hetero) is 2. The number of benzene rings is 2. The van der Waals surface area contributed by atoms with E-state index in [0.29, 0.717) is 16.8 Å². The fraction of sp³-hybridized carbons (Fsp3) is 0.174. The van der Waals surface area contributed by atoms with Crippen molar-refractivity contribution in [2.75, 3.05) is 11.3 Å². The zero-order chi connectivity index (χ0) is 23.5. The van der Waals surface area contributed by atoms with E-state index in [9.17, 15) is 22.8 Å². The number of aromatic nitrogens is 1. The van der Waals surface area contributed by atoms with Crippen molar-refractivity contribution in [1.29, 1.82) is 0 Å². The molecule has 0 atom stereocenters. The van der Waals surface area contributed by atoms with Crippen molar-refractivity contribution < 1.29 is 27.5 Å². The molecule has 2 aromatic carbocycles. The van der Waals surface area contributed by atoms with E-state index in [1.807, 2.05) is 0 Å². The van der Waals surface area contributed by atoms with E-state index in [1.54, 1.807) is 32.0 Å². The Balaban J connectivity index is 1.70. The van der Waals surface area contributed by atoms with Gasteiger partial charge in [-0.05, 0) is 56.7 Å². The van der Waals surface area contributed by atoms with Crippen molar-refractivity contribution in [3.05, 3.63) is 82.7 Å². The molecule has 3 rings (SSSR count). The van der Waals surface area contributed by atoms with Crippen LogP contribution in [0.15, 0.2) is 59.5 Å². The number of nitrogens with one attached hydrogen (secondary N) is 2. The molecule has 0 aliphatic rings. The van der Waals surface area contributed by atoms with Gasteiger partial charge < -0.3 is 9.72 Å². The summed E-state index contributed by atoms with van der Waals surface area (Å²) in [5, 5.41) is 0. The maximum absolute atomic E-state index is 12.5. The molecule has 0 spiro atoms. The van der Waals surface area contributed by atoms with Crippen molar-refractivity contribution in [2.45, 2.75) is 25.7 Å². The summed E-state index contributed by atoms with van der Waals surface area (Å²) in [4.78, 5) is 39.6. The van der Waals surface area contributed by atoms with Gasteiger partial charge in [0.25, 0.3) is 10.0 Å². The molecule has 2 N–H and O–H groups in total. The van der Waals surface area contributed by atoms with E-state index in [-0.39, 0.29) is 27.6 Å². The Hall–Kier alpha value is -3.72. The number of hydrogen-bond donors (Lipinski definition) is 2. The first-order valence-corrected chi connectivity index (χ1v) is 11.2. The van der Waals surface area contributed by atoms with E-state index in [1.165, 1.54) is 43.3 Å². The normalized spacial score (nSPS) is 11.1. The Labute approximate surface area is 185 Å². The predicted molar refractivity (Wildman–Crippen MR) is 119 cm³/mol. The maximum atomic E-state index is 12.5. The van der Waals surface area contributed by atoms with Gasteiger partial charge in [-0.3, -0.25) is 14.3 Å². The fourth-order valence-corrected chi connectivity index (χ4v) is 4.44. The molecule has 1 aromatic heterocycles. The lowest BCUT2D eigenvalue weighted by molar-refractivity contribution is 0.0473. The minimum Gasteiger partial charge on any atom is -0.454 e. The Bertz CT molecular complexity index is 1290. The van der Waals surface area contributed by atoms with Gasteiger partial charge >= 0.3 is 5.97 Å². The van der Waals surface area contributed by atoms with Gasteiger partial charge in [-0.15, -0.1) is 0 Å². The number of rotatable bonds is 8. The lowest BCUT2D eigenvalue weighted by Crippen LogP contribution is -2.16. The van der Waals surface area contributed by atoms with Gasteiger partial charge in [0, 0.05) is 16.9 Å². The van der Waals surface area contributed by atoms with Crippen molar-refractivity contribution in [1.82, 2.24) is 4.98 Å². The molecule has 32 heavy (non-hydrogen) atoms. The molecule has 0 amide bonds. The largest absolute Gasteiger partial charge is 0.454 e. The van der Waals surface area contributed by atoms with E-state index in [4.69, 9.17) is 4.74 Å². The molecule has 166 valence electrons. The number of sulfonamides is 1. The van der Waals surface area contributed by atoms with E-state index >= 15 is 0 Å². The molecule has 0 aliphatic carbocycles. The first kappa shape index (κ1) is 23.0. The molecule has 3 aromatic rings. The third-order valence-electron chi connectivity index (χ3n) is 4.81. The smallest absolute Gasteiger partial charge is 0.338 e. The van der Waals surface area contributed by atoms with E-state index < -0.39 is 28.4 Å². The summed E-state index contributed by atoms with van der Waals surface area (Å²) in [6, 6.07) is 13.6. The monoisotopic (exact) mass is 454 g/mol. The Morgan fingerprint density at radius 2 is 1.69 bits per heavy atom. The Morgan fingerprint density at radius 3 is 2.31 bits per heavy atom. The molecule has 0 bridgehead atoms. The third-order valence-corrected chi connectivity index (χ3v) is 6.20. The Kier molecular flexibility index (Phi) is 6.59. The molecule has 9 heteroatoms. The van der Waals surface area contributed by atoms with E-state index in [0.717, 1.165) is 0 Å². The summed E-state index contributed by atoms with van der Waals surface area (Å²) in [6.45, 7) is 4.22. The lowest BCUT2D eigenvalue weighted by Gasteiger charge is -2.09. The van der Waals surface area contributed by atoms with Crippen LogP contribution in [0.1, 0.15) is 49.4 Å². The van der Waals surface area contributed by atoms with Gasteiger partial charge in [0.05, 0.1) is 16.2 Å². The zero-order valence-electron chi connectivity index (χ0n) is 17.8. The lowest BCUT2D eigenvalue weighted by atomic mass is 10.1. The number of hydrogen-bond acceptors (Lipinski definition) is 6. The highest BCUT2D eigenvalue weighted by Gasteiger charge is 2.21. The van der Waals surface area contributed by atoms with Crippen LogP contribution in [0.3, 0.4) is 0 Å². The average molecular weight is 455 g/mol. The SMILES string of the molecule is CC(=O)c1c(C)[nH]c(C(=O)COC(=O)c2cccc(NS(=O)(=O)c3ccccc3)c2)c1C. The van der Waals surface area contributed by atoms with Crippen LogP contribution < -0.4 is 4.72 Å². The molecular weight excluding hydrogens is 432 g/mol. The Morgan fingerprint density at radius 1 is 1.00 bits per heavy atom. The van der Waals surface area contributed by atoms with Crippen molar-refractivity contribution in [3.8, 4) is 0 Å². The summed E-state index contributed by atoms with van der Waals surface area (Å²) in [6.07, 6.45) is 0. The summed E-state index contributed by atoms with van der Waals surface area (Å²) >= 11 is 0. The van der Waals surface area contributed by atoms with Crippen LogP contribution in [-0.4, -0.2) is 37.5 Å². The second-order valence-electron chi connectivity index (χ2n) is 7.18. The first-order valence-electron chi connectivity index (χ1n) is 9.68. The molecule has 1 heterocycles. The summed E-state index contributed by atoms with van der Waals surface area (Å²) < 4.78 is 32.4. The second-order valence-corrected chi connectivity index (χ2v) is 8.86. The molecule has 0 fully saturated rings. The number of esters is 1. The van der Waals surface area contributed by atoms with Gasteiger partial charge in [0.2, 0.25) is 5.78 Å². The third kappa shape index (κ3) is 4.94. The highest BCUT2D eigenvalue weighted by atomic mass is 32.2. The number of carbonyl (C=O) groups excluding carboxylic acids is 3. The zero-order valence-corrected chi connectivity index (χ0v) is 18.6. The van der Waals surface area contributed by atoms with Crippen molar-refractivity contribution in [3.63, 3.8) is 0 Å². The minimum absolute atomic E-state index is 0.0786. The van der Waals surface area contributed by atoms with Gasteiger partial charge in [-0.2, -0.15) is 0 Å². The van der Waals surface area contributed by atoms with Crippen LogP contribution >= 0.6 is 0 Å². The van der Waals surface area contributed by atoms with Crippen molar-refractivity contribution >= 4 is 33.2 Å². The summed E-state index contributed by atoms with van der Waals surface area (Å²) in [7, 11) is -3.82. The highest BCUT2D eigenvalue weighted by Crippen LogP contribution is 2.20. The number of H-pyrrole nitrogens is 1. The number of ketones is 2. The number of ether oxygens (including phenoxy) is 1. The van der Waals surface area contributed by atoms with Crippen LogP contribution in [0, 0.1) is 13.8 Å². The summed E-state index contributed by atoms with van der Waals surface area (Å²) in [5.41, 5.74) is 1.99. The number of anilines is 1. The molecule has 0 radical (unpaired) electrons. The van der Waals surface area contributed by atoms with Gasteiger partial charge in [0.1, 0.15) is 0 Å². The quantitative estimate of drug-likeness (QED) is 0.395. The molecule has 8 nitrogen and oxygen atoms in total. The summed E-state index contributed by atoms with van der Waals surface area (Å²) in [5.74, 6) is -1.43. The van der Waals surface area contributed by atoms with E-state index in [2.05, 4.69) is 9.71 Å². The highest BCUT2D eigenvalue weighted by molar-refractivity contribution is 7.92. The fourth-order valence-electron chi connectivity index (χ4n) is 3.37. The number of carbonyl (C=O) groups is 3. The first-order chi connectivity index (χ1) is 15.1. The van der Waals surface area contributed by atoms with Gasteiger partial charge in [-0.25, -0.2) is 13.2 Å². The van der Waals surface area contributed by atoms with Crippen molar-refractivity contribution in [2.24, 2.45) is 0 Å². The average Bonchev–Trinajstić information content (AvgIpc) is 3.06. The second kappa shape index (κ2) is 9.19. The van der Waals surface area contributed by atoms with Crippen LogP contribution in [0.5, 0.6) is 0 Å². The number of aryl methyl sites for hydroxylation is 1. The van der Waals surface area contributed by atoms with Crippen LogP contribution in [0.2, 0.25) is 0 Å². The van der Waals surface area contributed by atoms with Crippen LogP contribution in [0.4, 0.5) is 5.69 Å². The standard InChI is InChI=1S/C23H22N2O6S/c1-14-21(16(3)26)15(2)24-22(14)20(27)13-31-23(28)17-8-7-9-18(12-17)25-32(29,30)19-10-5-4-6-11-19/h4-12,24-25H,13H2,1-3H3. The maximum Gasteiger partial charge on any atom is 0.338 e. The van der Waals surface area contributed by atoms with Gasteiger partial charge in [-0.1, -0.05) is 24.3 Å². The molecule has 0 aliphatic heterocycles. The van der Waals surface area contributed by atoms with Crippen LogP contribution in [-0.2, 0) is 14.8 Å². The van der Waals surface area contributed by atoms with Crippen LogP contribution in [0.25, 0.3) is 0 Å². The number of aromatic amines is 1.